The number of hydrogen-bond acceptors (Lipinski definition) is 6. The summed E-state index contributed by atoms with van der Waals surface area (Å²) in [5, 5.41) is 11.0. The quantitative estimate of drug-likeness (QED) is 0.221. The van der Waals surface area contributed by atoms with E-state index in [9.17, 15) is 19.7 Å². The van der Waals surface area contributed by atoms with Crippen molar-refractivity contribution >= 4 is 29.0 Å². The van der Waals surface area contributed by atoms with Crippen molar-refractivity contribution in [3.05, 3.63) is 105 Å². The summed E-state index contributed by atoms with van der Waals surface area (Å²) in [6, 6.07) is 19.0. The summed E-state index contributed by atoms with van der Waals surface area (Å²) in [5.74, 6) is -0.987. The third-order valence-corrected chi connectivity index (χ3v) is 4.37. The highest BCUT2D eigenvalue weighted by molar-refractivity contribution is 6.31. The molecule has 0 aliphatic carbocycles. The van der Waals surface area contributed by atoms with Crippen LogP contribution in [-0.2, 0) is 11.3 Å². The van der Waals surface area contributed by atoms with E-state index < -0.39 is 23.3 Å². The molecule has 0 aliphatic rings. The Bertz CT molecular complexity index is 1070. The molecule has 0 unspecified atom stereocenters. The van der Waals surface area contributed by atoms with Crippen molar-refractivity contribution in [1.29, 1.82) is 0 Å². The predicted molar refractivity (Wildman–Crippen MR) is 110 cm³/mol. The number of non-ortho nitro benzene ring substituents is 1. The molecule has 0 heterocycles. The summed E-state index contributed by atoms with van der Waals surface area (Å²) in [4.78, 5) is 34.8. The molecule has 8 heteroatoms. The highest BCUT2D eigenvalue weighted by atomic mass is 35.5. The summed E-state index contributed by atoms with van der Waals surface area (Å²) in [7, 11) is 0. The molecule has 0 aliphatic heterocycles. The van der Waals surface area contributed by atoms with Gasteiger partial charge >= 0.3 is 5.97 Å². The van der Waals surface area contributed by atoms with Crippen LogP contribution in [0.25, 0.3) is 0 Å². The largest absolute Gasteiger partial charge is 0.488 e. The maximum absolute atomic E-state index is 12.5. The third-order valence-electron chi connectivity index (χ3n) is 4.13. The topological polar surface area (TPSA) is 95.7 Å². The number of nitro groups is 1. The van der Waals surface area contributed by atoms with Crippen molar-refractivity contribution in [2.24, 2.45) is 0 Å². The van der Waals surface area contributed by atoms with E-state index in [-0.39, 0.29) is 29.2 Å². The van der Waals surface area contributed by atoms with Gasteiger partial charge in [-0.05, 0) is 35.9 Å². The molecule has 0 saturated heterocycles. The highest BCUT2D eigenvalue weighted by Crippen LogP contribution is 2.25. The van der Waals surface area contributed by atoms with Crippen LogP contribution in [0.1, 0.15) is 26.3 Å². The minimum absolute atomic E-state index is 0.0925. The molecule has 0 amide bonds. The first-order valence-corrected chi connectivity index (χ1v) is 9.23. The van der Waals surface area contributed by atoms with E-state index in [1.54, 1.807) is 12.1 Å². The number of halogens is 1. The first kappa shape index (κ1) is 21.0. The molecule has 30 heavy (non-hydrogen) atoms. The zero-order chi connectivity index (χ0) is 21.5. The van der Waals surface area contributed by atoms with Crippen LogP contribution in [-0.4, -0.2) is 23.3 Å². The molecule has 0 N–H and O–H groups in total. The number of Topliss-reactive ketones (excluding diaryl/α,β-unsaturated/α-hetero) is 1. The van der Waals surface area contributed by atoms with Crippen LogP contribution in [0.15, 0.2) is 72.8 Å². The van der Waals surface area contributed by atoms with Crippen molar-refractivity contribution in [3.8, 4) is 5.75 Å². The Labute approximate surface area is 177 Å². The summed E-state index contributed by atoms with van der Waals surface area (Å²) in [6.45, 7) is -0.286. The van der Waals surface area contributed by atoms with Crippen LogP contribution in [0, 0.1) is 10.1 Å². The van der Waals surface area contributed by atoms with Crippen molar-refractivity contribution < 1.29 is 24.0 Å². The number of ketones is 1. The minimum Gasteiger partial charge on any atom is -0.488 e. The first-order valence-electron chi connectivity index (χ1n) is 8.85. The molecule has 3 aromatic carbocycles. The molecule has 0 spiro atoms. The van der Waals surface area contributed by atoms with Crippen LogP contribution >= 0.6 is 11.6 Å². The van der Waals surface area contributed by atoms with Crippen LogP contribution in [0.3, 0.4) is 0 Å². The van der Waals surface area contributed by atoms with E-state index in [4.69, 9.17) is 21.1 Å². The molecule has 0 saturated carbocycles. The summed E-state index contributed by atoms with van der Waals surface area (Å²) in [5.41, 5.74) is 1.07. The number of nitro benzene ring substituents is 1. The fourth-order valence-electron chi connectivity index (χ4n) is 2.58. The Morgan fingerprint density at radius 2 is 1.67 bits per heavy atom. The number of rotatable bonds is 8. The maximum Gasteiger partial charge on any atom is 0.342 e. The van der Waals surface area contributed by atoms with E-state index in [1.807, 2.05) is 30.3 Å². The second kappa shape index (κ2) is 9.67. The molecular weight excluding hydrogens is 410 g/mol. The Morgan fingerprint density at radius 3 is 2.33 bits per heavy atom. The van der Waals surface area contributed by atoms with Gasteiger partial charge in [0.25, 0.3) is 5.69 Å². The fourth-order valence-corrected chi connectivity index (χ4v) is 2.76. The number of carbonyl (C=O) groups excluding carboxylic acids is 2. The fraction of sp³-hybridized carbons (Fsp3) is 0.0909. The molecule has 3 aromatic rings. The molecule has 0 atom stereocenters. The van der Waals surface area contributed by atoms with Gasteiger partial charge in [0.15, 0.2) is 12.4 Å². The number of carbonyl (C=O) groups is 2. The zero-order valence-corrected chi connectivity index (χ0v) is 16.4. The molecular formula is C22H16ClNO6. The van der Waals surface area contributed by atoms with Crippen LogP contribution in [0.2, 0.25) is 5.02 Å². The lowest BCUT2D eigenvalue weighted by Crippen LogP contribution is -2.15. The van der Waals surface area contributed by atoms with Crippen molar-refractivity contribution in [1.82, 2.24) is 0 Å². The molecule has 0 radical (unpaired) electrons. The monoisotopic (exact) mass is 425 g/mol. The molecule has 152 valence electrons. The maximum atomic E-state index is 12.5. The summed E-state index contributed by atoms with van der Waals surface area (Å²) < 4.78 is 10.8. The number of ether oxygens (including phenoxy) is 2. The predicted octanol–water partition coefficient (Wildman–Crippen LogP) is 4.87. The summed E-state index contributed by atoms with van der Waals surface area (Å²) in [6.07, 6.45) is 0. The third kappa shape index (κ3) is 5.42. The lowest BCUT2D eigenvalue weighted by molar-refractivity contribution is -0.384. The van der Waals surface area contributed by atoms with Crippen LogP contribution in [0.5, 0.6) is 5.75 Å². The Morgan fingerprint density at radius 1 is 0.967 bits per heavy atom. The summed E-state index contributed by atoms with van der Waals surface area (Å²) >= 11 is 5.99. The smallest absolute Gasteiger partial charge is 0.342 e. The van der Waals surface area contributed by atoms with Crippen molar-refractivity contribution in [2.75, 3.05) is 6.61 Å². The molecule has 0 bridgehead atoms. The molecule has 7 nitrogen and oxygen atoms in total. The van der Waals surface area contributed by atoms with Gasteiger partial charge in [0.1, 0.15) is 17.9 Å². The van der Waals surface area contributed by atoms with Crippen LogP contribution < -0.4 is 4.74 Å². The van der Waals surface area contributed by atoms with E-state index in [0.29, 0.717) is 5.02 Å². The van der Waals surface area contributed by atoms with E-state index in [1.165, 1.54) is 30.3 Å². The van der Waals surface area contributed by atoms with E-state index in [0.717, 1.165) is 5.56 Å². The van der Waals surface area contributed by atoms with Gasteiger partial charge in [-0.25, -0.2) is 4.79 Å². The number of nitrogens with zero attached hydrogens (tertiary/aromatic N) is 1. The van der Waals surface area contributed by atoms with Gasteiger partial charge in [-0.3, -0.25) is 14.9 Å². The molecule has 0 aromatic heterocycles. The van der Waals surface area contributed by atoms with Gasteiger partial charge in [0.05, 0.1) is 4.92 Å². The number of esters is 1. The second-order valence-corrected chi connectivity index (χ2v) is 6.65. The normalized spacial score (nSPS) is 10.3. The first-order chi connectivity index (χ1) is 14.4. The average molecular weight is 426 g/mol. The number of hydrogen-bond donors (Lipinski definition) is 0. The standard InChI is InChI=1S/C22H16ClNO6/c23-17-8-11-21(29-13-15-4-2-1-3-5-15)19(12-17)22(26)30-14-20(25)16-6-9-18(10-7-16)24(27)28/h1-12H,13-14H2. The minimum atomic E-state index is -0.768. The van der Waals surface area contributed by atoms with Crippen molar-refractivity contribution in [2.45, 2.75) is 6.61 Å². The van der Waals surface area contributed by atoms with Gasteiger partial charge in [-0.15, -0.1) is 0 Å². The molecule has 0 fully saturated rings. The molecule has 3 rings (SSSR count). The average Bonchev–Trinajstić information content (AvgIpc) is 2.77. The Balaban J connectivity index is 1.66. The van der Waals surface area contributed by atoms with Crippen molar-refractivity contribution in [3.63, 3.8) is 0 Å². The Kier molecular flexibility index (Phi) is 6.77. The Hall–Kier alpha value is -3.71. The van der Waals surface area contributed by atoms with Gasteiger partial charge in [-0.2, -0.15) is 0 Å². The zero-order valence-electron chi connectivity index (χ0n) is 15.6. The lowest BCUT2D eigenvalue weighted by Gasteiger charge is -2.12. The highest BCUT2D eigenvalue weighted by Gasteiger charge is 2.18. The lowest BCUT2D eigenvalue weighted by atomic mass is 10.1. The van der Waals surface area contributed by atoms with E-state index >= 15 is 0 Å². The van der Waals surface area contributed by atoms with Gasteiger partial charge in [-0.1, -0.05) is 41.9 Å². The number of benzene rings is 3. The van der Waals surface area contributed by atoms with Gasteiger partial charge in [0, 0.05) is 22.7 Å². The SMILES string of the molecule is O=C(COC(=O)c1cc(Cl)ccc1OCc1ccccc1)c1ccc([N+](=O)[O-])cc1. The van der Waals surface area contributed by atoms with Gasteiger partial charge < -0.3 is 9.47 Å². The van der Waals surface area contributed by atoms with Gasteiger partial charge in [0.2, 0.25) is 0 Å². The van der Waals surface area contributed by atoms with Crippen LogP contribution in [0.4, 0.5) is 5.69 Å². The van der Waals surface area contributed by atoms with E-state index in [2.05, 4.69) is 0 Å². The second-order valence-electron chi connectivity index (χ2n) is 6.22.